The van der Waals surface area contributed by atoms with E-state index in [1.54, 1.807) is 6.92 Å². The van der Waals surface area contributed by atoms with Crippen LogP contribution in [-0.4, -0.2) is 28.8 Å². The third kappa shape index (κ3) is 3.02. The van der Waals surface area contributed by atoms with E-state index in [4.69, 9.17) is 23.8 Å². The number of alkyl halides is 3. The molecule has 0 saturated heterocycles. The van der Waals surface area contributed by atoms with Crippen molar-refractivity contribution in [3.8, 4) is 0 Å². The molecule has 1 heterocycles. The number of nitrogens with zero attached hydrogens (tertiary/aromatic N) is 1. The summed E-state index contributed by atoms with van der Waals surface area (Å²) in [5, 5.41) is 2.79. The fourth-order valence-electron chi connectivity index (χ4n) is 1.05. The highest BCUT2D eigenvalue weighted by atomic mass is 35.5. The van der Waals surface area contributed by atoms with E-state index in [1.807, 2.05) is 0 Å². The second-order valence-electron chi connectivity index (χ2n) is 2.91. The highest BCUT2D eigenvalue weighted by Gasteiger charge is 2.33. The van der Waals surface area contributed by atoms with E-state index in [0.29, 0.717) is 0 Å². The van der Waals surface area contributed by atoms with Gasteiger partial charge in [-0.3, -0.25) is 0 Å². The molecule has 1 atom stereocenters. The van der Waals surface area contributed by atoms with Crippen molar-refractivity contribution >= 4 is 28.8 Å². The van der Waals surface area contributed by atoms with Gasteiger partial charge in [-0.2, -0.15) is 13.2 Å². The van der Waals surface area contributed by atoms with Crippen LogP contribution in [0.25, 0.3) is 0 Å². The fourth-order valence-corrected chi connectivity index (χ4v) is 1.45. The van der Waals surface area contributed by atoms with Gasteiger partial charge in [0.15, 0.2) is 0 Å². The number of hydrogen-bond donors (Lipinski definition) is 1. The van der Waals surface area contributed by atoms with Gasteiger partial charge in [-0.1, -0.05) is 23.8 Å². The largest absolute Gasteiger partial charge is 0.405 e. The van der Waals surface area contributed by atoms with Gasteiger partial charge in [-0.05, 0) is 6.92 Å². The van der Waals surface area contributed by atoms with Crippen LogP contribution in [0.1, 0.15) is 6.92 Å². The minimum absolute atomic E-state index is 0.127. The Labute approximate surface area is 89.7 Å². The van der Waals surface area contributed by atoms with Gasteiger partial charge >= 0.3 is 6.18 Å². The molecular weight excluding hydrogens is 237 g/mol. The summed E-state index contributed by atoms with van der Waals surface area (Å²) in [6, 6.07) is 0. The Morgan fingerprint density at radius 2 is 2.21 bits per heavy atom. The van der Waals surface area contributed by atoms with Crippen LogP contribution >= 0.6 is 23.8 Å². The van der Waals surface area contributed by atoms with Crippen molar-refractivity contribution in [1.82, 2.24) is 10.2 Å². The Morgan fingerprint density at radius 3 is 2.71 bits per heavy atom. The van der Waals surface area contributed by atoms with Crippen molar-refractivity contribution in [2.75, 3.05) is 6.54 Å². The molecule has 1 N–H and O–H groups in total. The van der Waals surface area contributed by atoms with Crippen molar-refractivity contribution in [2.45, 2.75) is 19.3 Å². The standard InChI is InChI=1S/C7H8ClF3N2S/c1-4-12-6(14)5(8)2-13(4)3-7(9,10)11/h2,4H,3H2,1H3,(H,12,14). The third-order valence-electron chi connectivity index (χ3n) is 1.70. The van der Waals surface area contributed by atoms with Crippen LogP contribution in [0, 0.1) is 0 Å². The van der Waals surface area contributed by atoms with Crippen LogP contribution in [0.3, 0.4) is 0 Å². The van der Waals surface area contributed by atoms with Crippen LogP contribution in [0.5, 0.6) is 0 Å². The van der Waals surface area contributed by atoms with E-state index >= 15 is 0 Å². The molecule has 1 aliphatic heterocycles. The molecule has 0 saturated carbocycles. The minimum Gasteiger partial charge on any atom is -0.355 e. The summed E-state index contributed by atoms with van der Waals surface area (Å²) >= 11 is 10.4. The van der Waals surface area contributed by atoms with Gasteiger partial charge in [0, 0.05) is 6.20 Å². The van der Waals surface area contributed by atoms with Crippen molar-refractivity contribution < 1.29 is 13.2 Å². The molecule has 14 heavy (non-hydrogen) atoms. The van der Waals surface area contributed by atoms with Crippen LogP contribution in [0.15, 0.2) is 11.2 Å². The van der Waals surface area contributed by atoms with Gasteiger partial charge < -0.3 is 10.2 Å². The lowest BCUT2D eigenvalue weighted by atomic mass is 10.3. The molecule has 1 aliphatic rings. The second kappa shape index (κ2) is 3.94. The summed E-state index contributed by atoms with van der Waals surface area (Å²) in [6.07, 6.45) is -3.53. The van der Waals surface area contributed by atoms with Gasteiger partial charge in [-0.25, -0.2) is 0 Å². The zero-order chi connectivity index (χ0) is 10.9. The van der Waals surface area contributed by atoms with E-state index < -0.39 is 18.9 Å². The average Bonchev–Trinajstić information content (AvgIpc) is 1.97. The maximum Gasteiger partial charge on any atom is 0.405 e. The first-order valence-electron chi connectivity index (χ1n) is 3.80. The highest BCUT2D eigenvalue weighted by molar-refractivity contribution is 7.81. The van der Waals surface area contributed by atoms with Gasteiger partial charge in [0.1, 0.15) is 11.5 Å². The molecule has 0 radical (unpaired) electrons. The van der Waals surface area contributed by atoms with Crippen molar-refractivity contribution in [3.63, 3.8) is 0 Å². The molecule has 0 fully saturated rings. The topological polar surface area (TPSA) is 15.3 Å². The van der Waals surface area contributed by atoms with E-state index in [2.05, 4.69) is 5.32 Å². The fraction of sp³-hybridized carbons (Fsp3) is 0.571. The second-order valence-corrected chi connectivity index (χ2v) is 3.73. The minimum atomic E-state index is -4.25. The lowest BCUT2D eigenvalue weighted by molar-refractivity contribution is -0.144. The molecule has 0 amide bonds. The maximum absolute atomic E-state index is 12.1. The zero-order valence-corrected chi connectivity index (χ0v) is 8.80. The molecular formula is C7H8ClF3N2S. The summed E-state index contributed by atoms with van der Waals surface area (Å²) in [7, 11) is 0. The van der Waals surface area contributed by atoms with Crippen molar-refractivity contribution in [2.24, 2.45) is 0 Å². The number of hydrogen-bond acceptors (Lipinski definition) is 2. The predicted molar refractivity (Wildman–Crippen MR) is 51.9 cm³/mol. The van der Waals surface area contributed by atoms with Gasteiger partial charge in [0.25, 0.3) is 0 Å². The monoisotopic (exact) mass is 244 g/mol. The lowest BCUT2D eigenvalue weighted by Crippen LogP contribution is -2.49. The first-order valence-corrected chi connectivity index (χ1v) is 4.59. The Kier molecular flexibility index (Phi) is 3.26. The van der Waals surface area contributed by atoms with Crippen molar-refractivity contribution in [1.29, 1.82) is 0 Å². The lowest BCUT2D eigenvalue weighted by Gasteiger charge is -2.33. The third-order valence-corrected chi connectivity index (χ3v) is 2.43. The normalized spacial score (nSPS) is 23.2. The molecule has 1 rings (SSSR count). The van der Waals surface area contributed by atoms with E-state index in [1.165, 1.54) is 6.20 Å². The first kappa shape index (κ1) is 11.6. The highest BCUT2D eigenvalue weighted by Crippen LogP contribution is 2.21. The predicted octanol–water partition coefficient (Wildman–Crippen LogP) is 2.21. The smallest absolute Gasteiger partial charge is 0.355 e. The quantitative estimate of drug-likeness (QED) is 0.712. The first-order chi connectivity index (χ1) is 6.29. The van der Waals surface area contributed by atoms with E-state index in [9.17, 15) is 13.2 Å². The number of thiocarbonyl (C=S) groups is 1. The average molecular weight is 245 g/mol. The molecule has 1 unspecified atom stereocenters. The molecule has 0 aromatic rings. The SMILES string of the molecule is CC1NC(=S)C(Cl)=CN1CC(F)(F)F. The molecule has 0 aliphatic carbocycles. The van der Waals surface area contributed by atoms with Crippen LogP contribution in [0.4, 0.5) is 13.2 Å². The number of nitrogens with one attached hydrogen (secondary N) is 1. The number of halogens is 4. The molecule has 0 aromatic heterocycles. The molecule has 80 valence electrons. The van der Waals surface area contributed by atoms with Crippen LogP contribution in [-0.2, 0) is 0 Å². The van der Waals surface area contributed by atoms with E-state index in [0.717, 1.165) is 4.90 Å². The number of rotatable bonds is 1. The molecule has 0 bridgehead atoms. The van der Waals surface area contributed by atoms with Gasteiger partial charge in [0.2, 0.25) is 0 Å². The Hall–Kier alpha value is -0.490. The van der Waals surface area contributed by atoms with Crippen molar-refractivity contribution in [3.05, 3.63) is 11.2 Å². The Bertz CT molecular complexity index is 277. The summed E-state index contributed by atoms with van der Waals surface area (Å²) in [4.78, 5) is 1.33. The van der Waals surface area contributed by atoms with E-state index in [-0.39, 0.29) is 10.0 Å². The Balaban J connectivity index is 2.74. The van der Waals surface area contributed by atoms with Gasteiger partial charge in [-0.15, -0.1) is 0 Å². The zero-order valence-electron chi connectivity index (χ0n) is 7.23. The summed E-state index contributed by atoms with van der Waals surface area (Å²) in [5.74, 6) is 0. The molecule has 0 aromatic carbocycles. The summed E-state index contributed by atoms with van der Waals surface area (Å²) < 4.78 is 36.2. The molecule has 0 spiro atoms. The Morgan fingerprint density at radius 1 is 1.64 bits per heavy atom. The summed E-state index contributed by atoms with van der Waals surface area (Å²) in [6.45, 7) is 0.540. The summed E-state index contributed by atoms with van der Waals surface area (Å²) in [5.41, 5.74) is 0. The van der Waals surface area contributed by atoms with Crippen LogP contribution in [0.2, 0.25) is 0 Å². The van der Waals surface area contributed by atoms with Crippen LogP contribution < -0.4 is 5.32 Å². The maximum atomic E-state index is 12.1. The molecule has 7 heteroatoms. The molecule has 2 nitrogen and oxygen atoms in total. The van der Waals surface area contributed by atoms with Gasteiger partial charge in [0.05, 0.1) is 11.2 Å².